The molecule has 1 aliphatic rings. The van der Waals surface area contributed by atoms with E-state index in [0.29, 0.717) is 6.61 Å². The van der Waals surface area contributed by atoms with Crippen LogP contribution < -0.4 is 10.9 Å². The molecule has 0 amide bonds. The smallest absolute Gasteiger partial charge is 0.315 e. The van der Waals surface area contributed by atoms with Crippen LogP contribution in [0.5, 0.6) is 0 Å². The van der Waals surface area contributed by atoms with Gasteiger partial charge in [0.1, 0.15) is 12.1 Å². The van der Waals surface area contributed by atoms with Crippen LogP contribution >= 0.6 is 0 Å². The lowest BCUT2D eigenvalue weighted by Crippen LogP contribution is -2.34. The Kier molecular flexibility index (Phi) is 3.73. The maximum Gasteiger partial charge on any atom is 0.315 e. The van der Waals surface area contributed by atoms with Gasteiger partial charge >= 0.3 is 5.97 Å². The van der Waals surface area contributed by atoms with Gasteiger partial charge in [-0.3, -0.25) is 4.79 Å². The molecule has 3 N–H and O–H groups in total. The van der Waals surface area contributed by atoms with Gasteiger partial charge in [0.15, 0.2) is 0 Å². The van der Waals surface area contributed by atoms with Crippen molar-refractivity contribution in [3.63, 3.8) is 0 Å². The molecule has 0 saturated carbocycles. The number of aliphatic hydroxyl groups is 1. The van der Waals surface area contributed by atoms with E-state index in [9.17, 15) is 9.90 Å². The summed E-state index contributed by atoms with van der Waals surface area (Å²) < 4.78 is 4.97. The molecule has 5 nitrogen and oxygen atoms in total. The number of hydrogen-bond donors (Lipinski definition) is 3. The van der Waals surface area contributed by atoms with Gasteiger partial charge in [-0.1, -0.05) is 30.3 Å². The molecule has 0 radical (unpaired) electrons. The predicted molar refractivity (Wildman–Crippen MR) is 61.6 cm³/mol. The van der Waals surface area contributed by atoms with Crippen molar-refractivity contribution in [2.45, 2.75) is 19.2 Å². The minimum atomic E-state index is -0.931. The Morgan fingerprint density at radius 2 is 2.06 bits per heavy atom. The third kappa shape index (κ3) is 2.46. The van der Waals surface area contributed by atoms with Gasteiger partial charge in [-0.2, -0.15) is 0 Å². The van der Waals surface area contributed by atoms with Crippen molar-refractivity contribution in [3.8, 4) is 0 Å². The number of hydrogen-bond acceptors (Lipinski definition) is 5. The Morgan fingerprint density at radius 1 is 1.35 bits per heavy atom. The molecule has 1 saturated heterocycles. The highest BCUT2D eigenvalue weighted by Crippen LogP contribution is 2.28. The molecule has 1 aliphatic heterocycles. The fourth-order valence-corrected chi connectivity index (χ4v) is 1.99. The number of aliphatic hydroxyl groups excluding tert-OH is 1. The molecule has 0 aromatic heterocycles. The minimum Gasteiger partial charge on any atom is -0.466 e. The third-order valence-corrected chi connectivity index (χ3v) is 2.80. The Bertz CT molecular complexity index is 383. The Balaban J connectivity index is 2.19. The molecular weight excluding hydrogens is 220 g/mol. The molecule has 3 unspecified atom stereocenters. The van der Waals surface area contributed by atoms with Crippen LogP contribution in [0.25, 0.3) is 0 Å². The monoisotopic (exact) mass is 236 g/mol. The van der Waals surface area contributed by atoms with Crippen LogP contribution in [-0.2, 0) is 9.53 Å². The Hall–Kier alpha value is -1.43. The van der Waals surface area contributed by atoms with E-state index in [1.54, 1.807) is 6.92 Å². The number of carbonyl (C=O) groups excluding carboxylic acids is 1. The van der Waals surface area contributed by atoms with Crippen molar-refractivity contribution in [1.29, 1.82) is 0 Å². The number of nitrogens with one attached hydrogen (secondary N) is 2. The molecule has 0 spiro atoms. The lowest BCUT2D eigenvalue weighted by Gasteiger charge is -2.18. The molecule has 3 atom stereocenters. The topological polar surface area (TPSA) is 70.6 Å². The fraction of sp³-hybridized carbons (Fsp3) is 0.417. The van der Waals surface area contributed by atoms with E-state index in [2.05, 4.69) is 10.9 Å². The van der Waals surface area contributed by atoms with Gasteiger partial charge in [-0.25, -0.2) is 10.9 Å². The largest absolute Gasteiger partial charge is 0.466 e. The molecule has 1 heterocycles. The summed E-state index contributed by atoms with van der Waals surface area (Å²) in [6.45, 7) is 2.06. The van der Waals surface area contributed by atoms with Gasteiger partial charge in [-0.05, 0) is 12.5 Å². The zero-order chi connectivity index (χ0) is 12.3. The van der Waals surface area contributed by atoms with E-state index < -0.39 is 18.1 Å². The number of carbonyl (C=O) groups is 1. The first-order valence-electron chi connectivity index (χ1n) is 5.64. The van der Waals surface area contributed by atoms with Gasteiger partial charge in [-0.15, -0.1) is 0 Å². The van der Waals surface area contributed by atoms with E-state index >= 15 is 0 Å². The molecule has 17 heavy (non-hydrogen) atoms. The maximum atomic E-state index is 11.8. The molecule has 0 aliphatic carbocycles. The van der Waals surface area contributed by atoms with Crippen LogP contribution in [0, 0.1) is 5.92 Å². The first-order chi connectivity index (χ1) is 8.24. The lowest BCUT2D eigenvalue weighted by molar-refractivity contribution is -0.151. The van der Waals surface area contributed by atoms with E-state index in [1.165, 1.54) is 0 Å². The van der Waals surface area contributed by atoms with Crippen molar-refractivity contribution < 1.29 is 14.6 Å². The van der Waals surface area contributed by atoms with Crippen molar-refractivity contribution in [3.05, 3.63) is 35.9 Å². The van der Waals surface area contributed by atoms with Crippen LogP contribution in [0.2, 0.25) is 0 Å². The molecular formula is C12H16N2O3. The van der Waals surface area contributed by atoms with Gasteiger partial charge in [0.05, 0.1) is 12.6 Å². The predicted octanol–water partition coefficient (Wildman–Crippen LogP) is 0.333. The highest BCUT2D eigenvalue weighted by molar-refractivity contribution is 5.74. The summed E-state index contributed by atoms with van der Waals surface area (Å²) in [4.78, 5) is 11.8. The molecule has 2 rings (SSSR count). The van der Waals surface area contributed by atoms with Gasteiger partial charge in [0.25, 0.3) is 0 Å². The van der Waals surface area contributed by atoms with Gasteiger partial charge in [0, 0.05) is 0 Å². The molecule has 0 bridgehead atoms. The van der Waals surface area contributed by atoms with Gasteiger partial charge in [0.2, 0.25) is 0 Å². The van der Waals surface area contributed by atoms with Crippen LogP contribution in [0.4, 0.5) is 0 Å². The van der Waals surface area contributed by atoms with Crippen molar-refractivity contribution >= 4 is 5.97 Å². The Morgan fingerprint density at radius 3 is 2.71 bits per heavy atom. The fourth-order valence-electron chi connectivity index (χ4n) is 1.99. The summed E-state index contributed by atoms with van der Waals surface area (Å²) in [5, 5.41) is 9.74. The molecule has 1 fully saturated rings. The van der Waals surface area contributed by atoms with E-state index in [4.69, 9.17) is 4.74 Å². The summed E-state index contributed by atoms with van der Waals surface area (Å²) in [5.41, 5.74) is 6.51. The van der Waals surface area contributed by atoms with Crippen molar-refractivity contribution in [1.82, 2.24) is 10.9 Å². The van der Waals surface area contributed by atoms with Crippen LogP contribution in [0.15, 0.2) is 30.3 Å². The summed E-state index contributed by atoms with van der Waals surface area (Å²) >= 11 is 0. The first kappa shape index (κ1) is 12.0. The van der Waals surface area contributed by atoms with Crippen LogP contribution in [-0.4, -0.2) is 23.9 Å². The summed E-state index contributed by atoms with van der Waals surface area (Å²) in [6, 6.07) is 9.23. The number of ether oxygens (including phenoxy) is 1. The van der Waals surface area contributed by atoms with Crippen molar-refractivity contribution in [2.24, 2.45) is 5.92 Å². The average Bonchev–Trinajstić information content (AvgIpc) is 2.73. The minimum absolute atomic E-state index is 0.273. The standard InChI is InChI=1S/C12H16N2O3/c1-2-17-12(16)9-10(13-14-11(9)15)8-6-4-3-5-7-8/h3-7,9-11,13-15H,2H2,1H3. The van der Waals surface area contributed by atoms with E-state index in [-0.39, 0.29) is 6.04 Å². The molecule has 92 valence electrons. The third-order valence-electron chi connectivity index (χ3n) is 2.80. The van der Waals surface area contributed by atoms with Gasteiger partial charge < -0.3 is 9.84 Å². The normalized spacial score (nSPS) is 28.0. The summed E-state index contributed by atoms with van der Waals surface area (Å²) in [7, 11) is 0. The lowest BCUT2D eigenvalue weighted by atomic mass is 9.94. The quantitative estimate of drug-likeness (QED) is 0.660. The number of esters is 1. The second kappa shape index (κ2) is 5.27. The molecule has 1 aromatic carbocycles. The highest BCUT2D eigenvalue weighted by atomic mass is 16.5. The maximum absolute atomic E-state index is 11.8. The number of benzene rings is 1. The molecule has 1 aromatic rings. The second-order valence-corrected chi connectivity index (χ2v) is 3.90. The summed E-state index contributed by atoms with van der Waals surface area (Å²) in [5.74, 6) is -1.02. The van der Waals surface area contributed by atoms with Crippen molar-refractivity contribution in [2.75, 3.05) is 6.61 Å². The number of rotatable bonds is 3. The van der Waals surface area contributed by atoms with Crippen LogP contribution in [0.3, 0.4) is 0 Å². The SMILES string of the molecule is CCOC(=O)C1C(O)NNC1c1ccccc1. The van der Waals surface area contributed by atoms with E-state index in [0.717, 1.165) is 5.56 Å². The number of hydrazine groups is 1. The molecule has 5 heteroatoms. The summed E-state index contributed by atoms with van der Waals surface area (Å²) in [6.07, 6.45) is -0.931. The highest BCUT2D eigenvalue weighted by Gasteiger charge is 2.41. The van der Waals surface area contributed by atoms with E-state index in [1.807, 2.05) is 30.3 Å². The average molecular weight is 236 g/mol. The zero-order valence-corrected chi connectivity index (χ0v) is 9.59. The zero-order valence-electron chi connectivity index (χ0n) is 9.59. The Labute approximate surface area is 99.8 Å². The van der Waals surface area contributed by atoms with Crippen LogP contribution in [0.1, 0.15) is 18.5 Å². The first-order valence-corrected chi connectivity index (χ1v) is 5.64. The second-order valence-electron chi connectivity index (χ2n) is 3.90.